The molecule has 1 aromatic rings. The summed E-state index contributed by atoms with van der Waals surface area (Å²) in [5.41, 5.74) is -0.0731. The molecule has 2 atom stereocenters. The highest BCUT2D eigenvalue weighted by Crippen LogP contribution is 2.26. The molecule has 0 bridgehead atoms. The molecule has 0 aromatic heterocycles. The van der Waals surface area contributed by atoms with E-state index in [-0.39, 0.29) is 18.0 Å². The van der Waals surface area contributed by atoms with E-state index < -0.39 is 11.0 Å². The predicted octanol–water partition coefficient (Wildman–Crippen LogP) is 2.21. The number of piperidine rings is 1. The molecule has 1 heterocycles. The minimum Gasteiger partial charge on any atom is -0.484 e. The topological polar surface area (TPSA) is 75.8 Å². The van der Waals surface area contributed by atoms with E-state index in [1.165, 1.54) is 12.5 Å². The van der Waals surface area contributed by atoms with Crippen LogP contribution in [0.4, 0.5) is 5.69 Å². The van der Waals surface area contributed by atoms with Crippen molar-refractivity contribution < 1.29 is 14.8 Å². The van der Waals surface area contributed by atoms with E-state index >= 15 is 0 Å². The maximum absolute atomic E-state index is 10.9. The molecule has 2 unspecified atom stereocenters. The number of para-hydroxylation sites is 2. The molecule has 1 fully saturated rings. The van der Waals surface area contributed by atoms with Crippen molar-refractivity contribution >= 4 is 5.69 Å². The van der Waals surface area contributed by atoms with Gasteiger partial charge < -0.3 is 9.84 Å². The van der Waals surface area contributed by atoms with Crippen LogP contribution in [0.2, 0.25) is 0 Å². The van der Waals surface area contributed by atoms with Crippen LogP contribution in [0.3, 0.4) is 0 Å². The van der Waals surface area contributed by atoms with Gasteiger partial charge in [0.25, 0.3) is 0 Å². The molecule has 0 amide bonds. The van der Waals surface area contributed by atoms with Crippen LogP contribution in [-0.2, 0) is 0 Å². The van der Waals surface area contributed by atoms with Gasteiger partial charge in [0, 0.05) is 18.7 Å². The number of benzene rings is 1. The molecule has 2 rings (SSSR count). The van der Waals surface area contributed by atoms with Gasteiger partial charge in [0.15, 0.2) is 5.75 Å². The van der Waals surface area contributed by atoms with Crippen molar-refractivity contribution in [2.24, 2.45) is 0 Å². The second-order valence-corrected chi connectivity index (χ2v) is 5.53. The third-order valence-corrected chi connectivity index (χ3v) is 3.88. The van der Waals surface area contributed by atoms with Crippen molar-refractivity contribution in [1.29, 1.82) is 0 Å². The number of nitrogens with zero attached hydrogens (tertiary/aromatic N) is 2. The summed E-state index contributed by atoms with van der Waals surface area (Å²) < 4.78 is 5.42. The van der Waals surface area contributed by atoms with Crippen LogP contribution in [0.25, 0.3) is 0 Å². The zero-order valence-corrected chi connectivity index (χ0v) is 12.3. The summed E-state index contributed by atoms with van der Waals surface area (Å²) >= 11 is 0. The fourth-order valence-corrected chi connectivity index (χ4v) is 2.67. The van der Waals surface area contributed by atoms with Crippen molar-refractivity contribution in [3.05, 3.63) is 34.4 Å². The predicted molar refractivity (Wildman–Crippen MR) is 79.5 cm³/mol. The lowest BCUT2D eigenvalue weighted by molar-refractivity contribution is -0.385. The van der Waals surface area contributed by atoms with Gasteiger partial charge in [-0.2, -0.15) is 0 Å². The molecule has 6 nitrogen and oxygen atoms in total. The molecule has 21 heavy (non-hydrogen) atoms. The summed E-state index contributed by atoms with van der Waals surface area (Å²) in [5.74, 6) is 0.202. The summed E-state index contributed by atoms with van der Waals surface area (Å²) in [6.45, 7) is 3.76. The maximum atomic E-state index is 10.9. The van der Waals surface area contributed by atoms with E-state index in [9.17, 15) is 15.2 Å². The summed E-state index contributed by atoms with van der Waals surface area (Å²) in [5, 5.41) is 21.0. The Hall–Kier alpha value is -1.66. The smallest absolute Gasteiger partial charge is 0.310 e. The quantitative estimate of drug-likeness (QED) is 0.643. The standard InChI is InChI=1S/C15H22N2O4/c1-12-6-4-5-9-16(12)10-13(18)11-21-15-8-3-2-7-14(15)17(19)20/h2-3,7-8,12-13,18H,4-6,9-11H2,1H3. The Balaban J connectivity index is 1.86. The fourth-order valence-electron chi connectivity index (χ4n) is 2.67. The minimum atomic E-state index is -0.648. The first-order valence-electron chi connectivity index (χ1n) is 7.36. The van der Waals surface area contributed by atoms with Crippen LogP contribution in [0.5, 0.6) is 5.75 Å². The molecule has 0 saturated carbocycles. The maximum Gasteiger partial charge on any atom is 0.310 e. The van der Waals surface area contributed by atoms with Crippen molar-refractivity contribution in [3.63, 3.8) is 0 Å². The number of nitro groups is 1. The van der Waals surface area contributed by atoms with Gasteiger partial charge in [0.05, 0.1) is 4.92 Å². The highest BCUT2D eigenvalue weighted by molar-refractivity contribution is 5.45. The molecule has 1 saturated heterocycles. The van der Waals surface area contributed by atoms with Crippen LogP contribution in [0, 0.1) is 10.1 Å². The first-order valence-corrected chi connectivity index (χ1v) is 7.36. The van der Waals surface area contributed by atoms with Gasteiger partial charge >= 0.3 is 5.69 Å². The number of likely N-dealkylation sites (tertiary alicyclic amines) is 1. The lowest BCUT2D eigenvalue weighted by atomic mass is 10.0. The van der Waals surface area contributed by atoms with E-state index in [2.05, 4.69) is 11.8 Å². The highest BCUT2D eigenvalue weighted by Gasteiger charge is 2.22. The van der Waals surface area contributed by atoms with Crippen LogP contribution < -0.4 is 4.74 Å². The van der Waals surface area contributed by atoms with Crippen LogP contribution >= 0.6 is 0 Å². The number of rotatable bonds is 6. The van der Waals surface area contributed by atoms with Crippen LogP contribution in [0.1, 0.15) is 26.2 Å². The second-order valence-electron chi connectivity index (χ2n) is 5.53. The zero-order valence-electron chi connectivity index (χ0n) is 12.3. The Labute approximate surface area is 124 Å². The van der Waals surface area contributed by atoms with E-state index in [0.717, 1.165) is 19.4 Å². The van der Waals surface area contributed by atoms with Gasteiger partial charge in [-0.05, 0) is 32.4 Å². The van der Waals surface area contributed by atoms with E-state index in [1.807, 2.05) is 0 Å². The first-order chi connectivity index (χ1) is 10.1. The Morgan fingerprint density at radius 3 is 2.95 bits per heavy atom. The Morgan fingerprint density at radius 2 is 2.24 bits per heavy atom. The van der Waals surface area contributed by atoms with Gasteiger partial charge in [-0.3, -0.25) is 15.0 Å². The average molecular weight is 294 g/mol. The molecule has 0 radical (unpaired) electrons. The fraction of sp³-hybridized carbons (Fsp3) is 0.600. The first kappa shape index (κ1) is 15.7. The van der Waals surface area contributed by atoms with Crippen molar-refractivity contribution in [2.75, 3.05) is 19.7 Å². The largest absolute Gasteiger partial charge is 0.484 e. The molecule has 116 valence electrons. The van der Waals surface area contributed by atoms with Crippen molar-refractivity contribution in [2.45, 2.75) is 38.3 Å². The van der Waals surface area contributed by atoms with Gasteiger partial charge in [0.1, 0.15) is 12.7 Å². The molecule has 0 spiro atoms. The summed E-state index contributed by atoms with van der Waals surface area (Å²) in [6.07, 6.45) is 2.89. The molecule has 1 aromatic carbocycles. The van der Waals surface area contributed by atoms with Crippen LogP contribution in [0.15, 0.2) is 24.3 Å². The third-order valence-electron chi connectivity index (χ3n) is 3.88. The monoisotopic (exact) mass is 294 g/mol. The second kappa shape index (κ2) is 7.38. The molecular formula is C15H22N2O4. The zero-order chi connectivity index (χ0) is 15.2. The van der Waals surface area contributed by atoms with E-state index in [0.29, 0.717) is 12.6 Å². The van der Waals surface area contributed by atoms with Crippen molar-refractivity contribution in [3.8, 4) is 5.75 Å². The normalized spacial score (nSPS) is 21.0. The highest BCUT2D eigenvalue weighted by atomic mass is 16.6. The summed E-state index contributed by atoms with van der Waals surface area (Å²) in [7, 11) is 0. The Bertz CT molecular complexity index is 480. The van der Waals surface area contributed by atoms with Crippen molar-refractivity contribution in [1.82, 2.24) is 4.90 Å². The number of ether oxygens (including phenoxy) is 1. The average Bonchev–Trinajstić information content (AvgIpc) is 2.48. The van der Waals surface area contributed by atoms with Gasteiger partial charge in [-0.15, -0.1) is 0 Å². The molecule has 6 heteroatoms. The minimum absolute atomic E-state index is 0.0636. The summed E-state index contributed by atoms with van der Waals surface area (Å²) in [4.78, 5) is 12.7. The number of β-amino-alcohol motifs (C(OH)–C–C–N with tert-alkyl or cyclic N) is 1. The van der Waals surface area contributed by atoms with Gasteiger partial charge in [-0.25, -0.2) is 0 Å². The molecule has 1 aliphatic heterocycles. The number of aliphatic hydroxyl groups excluding tert-OH is 1. The molecule has 1 aliphatic rings. The lowest BCUT2D eigenvalue weighted by Gasteiger charge is -2.34. The number of nitro benzene ring substituents is 1. The molecule has 0 aliphatic carbocycles. The van der Waals surface area contributed by atoms with Crippen LogP contribution in [-0.4, -0.2) is 46.8 Å². The third kappa shape index (κ3) is 4.41. The Morgan fingerprint density at radius 1 is 1.48 bits per heavy atom. The number of aliphatic hydroxyl groups is 1. The Kier molecular flexibility index (Phi) is 5.52. The summed E-state index contributed by atoms with van der Waals surface area (Å²) in [6, 6.07) is 6.69. The SMILES string of the molecule is CC1CCCCN1CC(O)COc1ccccc1[N+](=O)[O-]. The van der Waals surface area contributed by atoms with E-state index in [1.54, 1.807) is 18.2 Å². The number of hydrogen-bond donors (Lipinski definition) is 1. The van der Waals surface area contributed by atoms with Gasteiger partial charge in [0.2, 0.25) is 0 Å². The molecular weight excluding hydrogens is 272 g/mol. The lowest BCUT2D eigenvalue weighted by Crippen LogP contribution is -2.43. The van der Waals surface area contributed by atoms with E-state index in [4.69, 9.17) is 4.74 Å². The molecule has 1 N–H and O–H groups in total. The van der Waals surface area contributed by atoms with Gasteiger partial charge in [-0.1, -0.05) is 18.6 Å². The number of hydrogen-bond acceptors (Lipinski definition) is 5.